The Labute approximate surface area is 155 Å². The van der Waals surface area contributed by atoms with E-state index in [1.807, 2.05) is 21.6 Å². The maximum absolute atomic E-state index is 13.2. The predicted octanol–water partition coefficient (Wildman–Crippen LogP) is 1.71. The Morgan fingerprint density at radius 1 is 0.880 bits per heavy atom. The molecule has 2 bridgehead atoms. The maximum atomic E-state index is 13.2. The number of carbonyl (C=O) groups is 2. The van der Waals surface area contributed by atoms with E-state index in [1.165, 1.54) is 19.3 Å². The Morgan fingerprint density at radius 3 is 2.24 bits per heavy atom. The number of nitrogens with zero attached hydrogens (tertiary/aromatic N) is 2. The Bertz CT molecular complexity index is 509. The number of hydrogen-bond donors (Lipinski definition) is 1. The molecule has 0 aromatic rings. The van der Waals surface area contributed by atoms with Crippen molar-refractivity contribution < 1.29 is 9.59 Å². The zero-order chi connectivity index (χ0) is 17.4. The lowest BCUT2D eigenvalue weighted by atomic mass is 9.65. The molecule has 2 aliphatic heterocycles. The molecule has 0 spiro atoms. The van der Waals surface area contributed by atoms with Gasteiger partial charge in [-0.1, -0.05) is 6.42 Å². The van der Waals surface area contributed by atoms with Crippen LogP contribution in [0.4, 0.5) is 0 Å². The first kappa shape index (κ1) is 17.7. The second-order valence-electron chi connectivity index (χ2n) is 8.32. The standard InChI is InChI=1S/C19H31N3O2S/c20-17-13-3-1-4-14(17)12-15(11-13)18(23)22-6-2-5-16(22)19(24)21-7-9-25-10-8-21/h13-17H,1-12,20H2. The van der Waals surface area contributed by atoms with E-state index in [0.717, 1.165) is 56.8 Å². The molecule has 3 atom stereocenters. The van der Waals surface area contributed by atoms with Crippen molar-refractivity contribution in [3.05, 3.63) is 0 Å². The van der Waals surface area contributed by atoms with Gasteiger partial charge < -0.3 is 15.5 Å². The lowest BCUT2D eigenvalue weighted by molar-refractivity contribution is -0.147. The van der Waals surface area contributed by atoms with Crippen molar-refractivity contribution in [1.82, 2.24) is 9.80 Å². The SMILES string of the molecule is NC1C2CCCC1CC(C(=O)N1CCCC1C(=O)N1CCSCC1)C2. The second kappa shape index (κ2) is 7.47. The number of carbonyl (C=O) groups excluding carboxylic acids is 2. The van der Waals surface area contributed by atoms with Crippen LogP contribution in [0.3, 0.4) is 0 Å². The van der Waals surface area contributed by atoms with Crippen LogP contribution in [-0.4, -0.2) is 64.8 Å². The van der Waals surface area contributed by atoms with Crippen LogP contribution in [-0.2, 0) is 9.59 Å². The van der Waals surface area contributed by atoms with Crippen LogP contribution >= 0.6 is 11.8 Å². The molecule has 25 heavy (non-hydrogen) atoms. The van der Waals surface area contributed by atoms with Crippen LogP contribution in [0.2, 0.25) is 0 Å². The molecular formula is C19H31N3O2S. The Balaban J connectivity index is 1.43. The zero-order valence-electron chi connectivity index (χ0n) is 15.1. The van der Waals surface area contributed by atoms with Gasteiger partial charge in [0.15, 0.2) is 0 Å². The molecule has 2 heterocycles. The third-order valence-corrected chi connectivity index (χ3v) is 7.85. The summed E-state index contributed by atoms with van der Waals surface area (Å²) in [5.74, 6) is 3.60. The lowest BCUT2D eigenvalue weighted by Gasteiger charge is -2.44. The minimum atomic E-state index is -0.203. The number of amides is 2. The van der Waals surface area contributed by atoms with Crippen molar-refractivity contribution in [3.63, 3.8) is 0 Å². The highest BCUT2D eigenvalue weighted by molar-refractivity contribution is 7.99. The summed E-state index contributed by atoms with van der Waals surface area (Å²) >= 11 is 1.91. The van der Waals surface area contributed by atoms with Gasteiger partial charge >= 0.3 is 0 Å². The van der Waals surface area contributed by atoms with Crippen molar-refractivity contribution in [1.29, 1.82) is 0 Å². The highest BCUT2D eigenvalue weighted by Crippen LogP contribution is 2.43. The van der Waals surface area contributed by atoms with Crippen molar-refractivity contribution in [2.24, 2.45) is 23.5 Å². The molecule has 2 saturated carbocycles. The number of fused-ring (bicyclic) bond motifs is 2. The van der Waals surface area contributed by atoms with E-state index in [9.17, 15) is 9.59 Å². The Kier molecular flexibility index (Phi) is 5.28. The van der Waals surface area contributed by atoms with Crippen LogP contribution in [0, 0.1) is 17.8 Å². The Hall–Kier alpha value is -0.750. The summed E-state index contributed by atoms with van der Waals surface area (Å²) in [4.78, 5) is 30.1. The highest BCUT2D eigenvalue weighted by Gasteiger charge is 2.44. The van der Waals surface area contributed by atoms with Crippen LogP contribution in [0.1, 0.15) is 44.9 Å². The molecule has 3 unspecified atom stereocenters. The van der Waals surface area contributed by atoms with Crippen LogP contribution in [0.15, 0.2) is 0 Å². The molecular weight excluding hydrogens is 334 g/mol. The van der Waals surface area contributed by atoms with Crippen LogP contribution < -0.4 is 5.73 Å². The number of thioether (sulfide) groups is 1. The Morgan fingerprint density at radius 2 is 1.56 bits per heavy atom. The lowest BCUT2D eigenvalue weighted by Crippen LogP contribution is -2.53. The zero-order valence-corrected chi connectivity index (χ0v) is 15.9. The third kappa shape index (κ3) is 3.44. The van der Waals surface area contributed by atoms with Gasteiger partial charge in [-0.05, 0) is 50.4 Å². The topological polar surface area (TPSA) is 66.6 Å². The molecule has 0 radical (unpaired) electrons. The van der Waals surface area contributed by atoms with Gasteiger partial charge in [0.2, 0.25) is 11.8 Å². The molecule has 140 valence electrons. The number of hydrogen-bond acceptors (Lipinski definition) is 4. The summed E-state index contributed by atoms with van der Waals surface area (Å²) in [5.41, 5.74) is 6.39. The van der Waals surface area contributed by atoms with Gasteiger partial charge in [-0.2, -0.15) is 11.8 Å². The molecule has 2 amide bonds. The second-order valence-corrected chi connectivity index (χ2v) is 9.55. The summed E-state index contributed by atoms with van der Waals surface area (Å²) in [7, 11) is 0. The minimum absolute atomic E-state index is 0.0976. The van der Waals surface area contributed by atoms with Crippen molar-refractivity contribution >= 4 is 23.6 Å². The van der Waals surface area contributed by atoms with Gasteiger partial charge in [0.1, 0.15) is 6.04 Å². The fourth-order valence-electron chi connectivity index (χ4n) is 5.51. The van der Waals surface area contributed by atoms with Crippen LogP contribution in [0.5, 0.6) is 0 Å². The van der Waals surface area contributed by atoms with E-state index >= 15 is 0 Å². The van der Waals surface area contributed by atoms with Gasteiger partial charge in [0, 0.05) is 43.1 Å². The van der Waals surface area contributed by atoms with E-state index in [4.69, 9.17) is 5.73 Å². The third-order valence-electron chi connectivity index (χ3n) is 6.91. The summed E-state index contributed by atoms with van der Waals surface area (Å²) < 4.78 is 0. The minimum Gasteiger partial charge on any atom is -0.339 e. The molecule has 4 fully saturated rings. The van der Waals surface area contributed by atoms with E-state index in [-0.39, 0.29) is 23.8 Å². The molecule has 2 saturated heterocycles. The van der Waals surface area contributed by atoms with Gasteiger partial charge in [-0.15, -0.1) is 0 Å². The summed E-state index contributed by atoms with van der Waals surface area (Å²) in [6.45, 7) is 2.44. The molecule has 0 aromatic carbocycles. The fraction of sp³-hybridized carbons (Fsp3) is 0.895. The summed E-state index contributed by atoms with van der Waals surface area (Å²) in [6.07, 6.45) is 7.30. The fourth-order valence-corrected chi connectivity index (χ4v) is 6.41. The van der Waals surface area contributed by atoms with E-state index in [0.29, 0.717) is 17.9 Å². The van der Waals surface area contributed by atoms with Crippen LogP contribution in [0.25, 0.3) is 0 Å². The monoisotopic (exact) mass is 365 g/mol. The predicted molar refractivity (Wildman–Crippen MR) is 100 cm³/mol. The normalized spacial score (nSPS) is 38.7. The number of likely N-dealkylation sites (tertiary alicyclic amines) is 1. The van der Waals surface area contributed by atoms with E-state index in [2.05, 4.69) is 0 Å². The molecule has 4 aliphatic rings. The first-order chi connectivity index (χ1) is 12.1. The molecule has 6 heteroatoms. The average Bonchev–Trinajstić information content (AvgIpc) is 3.10. The molecule has 0 aromatic heterocycles. The summed E-state index contributed by atoms with van der Waals surface area (Å²) in [5, 5.41) is 0. The van der Waals surface area contributed by atoms with E-state index in [1.54, 1.807) is 0 Å². The van der Waals surface area contributed by atoms with Gasteiger partial charge in [0.05, 0.1) is 0 Å². The van der Waals surface area contributed by atoms with Gasteiger partial charge in [-0.3, -0.25) is 9.59 Å². The smallest absolute Gasteiger partial charge is 0.245 e. The largest absolute Gasteiger partial charge is 0.339 e. The molecule has 4 rings (SSSR count). The number of rotatable bonds is 2. The van der Waals surface area contributed by atoms with Crippen molar-refractivity contribution in [2.45, 2.75) is 57.0 Å². The molecule has 5 nitrogen and oxygen atoms in total. The van der Waals surface area contributed by atoms with Gasteiger partial charge in [-0.25, -0.2) is 0 Å². The quantitative estimate of drug-likeness (QED) is 0.809. The number of nitrogens with two attached hydrogens (primary N) is 1. The first-order valence-electron chi connectivity index (χ1n) is 10.1. The first-order valence-corrected chi connectivity index (χ1v) is 11.2. The molecule has 2 aliphatic carbocycles. The van der Waals surface area contributed by atoms with Crippen molar-refractivity contribution in [3.8, 4) is 0 Å². The summed E-state index contributed by atoms with van der Waals surface area (Å²) in [6, 6.07) is 0.0886. The molecule has 2 N–H and O–H groups in total. The average molecular weight is 366 g/mol. The van der Waals surface area contributed by atoms with E-state index < -0.39 is 0 Å². The highest BCUT2D eigenvalue weighted by atomic mass is 32.2. The van der Waals surface area contributed by atoms with Gasteiger partial charge in [0.25, 0.3) is 0 Å². The van der Waals surface area contributed by atoms with Crippen molar-refractivity contribution in [2.75, 3.05) is 31.1 Å². The maximum Gasteiger partial charge on any atom is 0.245 e.